The molecule has 7 nitrogen and oxygen atoms in total. The van der Waals surface area contributed by atoms with E-state index in [4.69, 9.17) is 0 Å². The molecule has 3 heterocycles. The lowest BCUT2D eigenvalue weighted by Crippen LogP contribution is -2.58. The first-order valence-electron chi connectivity index (χ1n) is 13.7. The van der Waals surface area contributed by atoms with Gasteiger partial charge in [0, 0.05) is 44.1 Å². The lowest BCUT2D eigenvalue weighted by atomic mass is 9.65. The fraction of sp³-hybridized carbons (Fsp3) is 0.567. The molecule has 3 saturated heterocycles. The van der Waals surface area contributed by atoms with E-state index < -0.39 is 22.6 Å². The number of nitrogens with zero attached hydrogens (tertiary/aromatic N) is 3. The Labute approximate surface area is 230 Å². The zero-order chi connectivity index (χ0) is 27.6. The fourth-order valence-corrected chi connectivity index (χ4v) is 9.23. The van der Waals surface area contributed by atoms with Crippen LogP contribution in [0.1, 0.15) is 39.2 Å². The second-order valence-electron chi connectivity index (χ2n) is 11.0. The largest absolute Gasteiger partial charge is 0.396 e. The molecule has 0 aromatic heterocycles. The number of hydrogen-bond donors (Lipinski definition) is 1. The number of rotatable bonds is 12. The van der Waals surface area contributed by atoms with Crippen molar-refractivity contribution in [2.75, 3.05) is 26.2 Å². The molecule has 8 heteroatoms. The van der Waals surface area contributed by atoms with Crippen molar-refractivity contribution in [3.63, 3.8) is 0 Å². The predicted octanol–water partition coefficient (Wildman–Crippen LogP) is 3.34. The number of aliphatic hydroxyl groups is 1. The molecule has 0 radical (unpaired) electrons. The van der Waals surface area contributed by atoms with Crippen LogP contribution in [0.4, 0.5) is 0 Å². The van der Waals surface area contributed by atoms with Crippen LogP contribution in [-0.2, 0) is 20.9 Å². The summed E-state index contributed by atoms with van der Waals surface area (Å²) in [6.45, 7) is 15.2. The van der Waals surface area contributed by atoms with Crippen molar-refractivity contribution in [3.8, 4) is 0 Å². The summed E-state index contributed by atoms with van der Waals surface area (Å²) in [6, 6.07) is 9.12. The number of carbonyl (C=O) groups is 3. The molecule has 1 aromatic rings. The molecular formula is C30H41N3O4S. The highest BCUT2D eigenvalue weighted by Crippen LogP contribution is 2.69. The van der Waals surface area contributed by atoms with Crippen molar-refractivity contribution < 1.29 is 19.5 Å². The van der Waals surface area contributed by atoms with Crippen LogP contribution in [0.15, 0.2) is 55.6 Å². The second kappa shape index (κ2) is 11.7. The average Bonchev–Trinajstić information content (AvgIpc) is 3.49. The molecule has 3 fully saturated rings. The van der Waals surface area contributed by atoms with E-state index in [1.54, 1.807) is 38.6 Å². The van der Waals surface area contributed by atoms with Gasteiger partial charge in [-0.3, -0.25) is 14.4 Å². The SMILES string of the molecule is C=CCN(Cc1ccccc1)C(=O)[C@@H]1[C@@H]2CC(C)C3(S2)C(C(=O)N(CC=C)C(C)C)N(CCCO)C(=O)[C@H]13. The smallest absolute Gasteiger partial charge is 0.247 e. The summed E-state index contributed by atoms with van der Waals surface area (Å²) < 4.78 is -0.671. The van der Waals surface area contributed by atoms with E-state index in [0.29, 0.717) is 32.6 Å². The van der Waals surface area contributed by atoms with E-state index in [0.717, 1.165) is 12.0 Å². The van der Waals surface area contributed by atoms with Crippen LogP contribution in [0.3, 0.4) is 0 Å². The average molecular weight is 540 g/mol. The molecule has 3 aliphatic heterocycles. The molecule has 1 N–H and O–H groups in total. The second-order valence-corrected chi connectivity index (χ2v) is 12.6. The number of hydrogen-bond acceptors (Lipinski definition) is 5. The normalized spacial score (nSPS) is 29.4. The maximum Gasteiger partial charge on any atom is 0.247 e. The van der Waals surface area contributed by atoms with Gasteiger partial charge in [-0.25, -0.2) is 0 Å². The van der Waals surface area contributed by atoms with Crippen molar-refractivity contribution in [1.82, 2.24) is 14.7 Å². The third-order valence-corrected chi connectivity index (χ3v) is 10.5. The maximum absolute atomic E-state index is 14.2. The van der Waals surface area contributed by atoms with Gasteiger partial charge in [0.15, 0.2) is 0 Å². The molecule has 3 unspecified atom stereocenters. The Bertz CT molecular complexity index is 1060. The summed E-state index contributed by atoms with van der Waals surface area (Å²) in [5.41, 5.74) is 1.02. The molecule has 4 rings (SSSR count). The highest BCUT2D eigenvalue weighted by atomic mass is 32.2. The zero-order valence-electron chi connectivity index (χ0n) is 22.8. The molecule has 206 valence electrons. The Hall–Kier alpha value is -2.58. The van der Waals surface area contributed by atoms with Crippen LogP contribution in [-0.4, -0.2) is 85.8 Å². The van der Waals surface area contributed by atoms with E-state index in [2.05, 4.69) is 20.1 Å². The van der Waals surface area contributed by atoms with Crippen molar-refractivity contribution in [2.45, 2.75) is 62.2 Å². The molecule has 0 saturated carbocycles. The first kappa shape index (κ1) is 28.4. The van der Waals surface area contributed by atoms with Gasteiger partial charge in [-0.05, 0) is 38.2 Å². The topological polar surface area (TPSA) is 81.2 Å². The van der Waals surface area contributed by atoms with Crippen LogP contribution >= 0.6 is 11.8 Å². The molecule has 3 aliphatic rings. The van der Waals surface area contributed by atoms with Crippen LogP contribution in [0.25, 0.3) is 0 Å². The number of likely N-dealkylation sites (tertiary alicyclic amines) is 1. The Kier molecular flexibility index (Phi) is 8.72. The van der Waals surface area contributed by atoms with Crippen LogP contribution in [0.5, 0.6) is 0 Å². The Morgan fingerprint density at radius 1 is 1.18 bits per heavy atom. The monoisotopic (exact) mass is 539 g/mol. The predicted molar refractivity (Wildman–Crippen MR) is 151 cm³/mol. The summed E-state index contributed by atoms with van der Waals surface area (Å²) >= 11 is 1.69. The molecular weight excluding hydrogens is 498 g/mol. The minimum atomic E-state index is -0.671. The van der Waals surface area contributed by atoms with E-state index in [9.17, 15) is 19.5 Å². The van der Waals surface area contributed by atoms with Gasteiger partial charge >= 0.3 is 0 Å². The van der Waals surface area contributed by atoms with Gasteiger partial charge in [-0.15, -0.1) is 24.9 Å². The van der Waals surface area contributed by atoms with Gasteiger partial charge < -0.3 is 19.8 Å². The minimum absolute atomic E-state index is 0.0169. The summed E-state index contributed by atoms with van der Waals surface area (Å²) in [7, 11) is 0. The van der Waals surface area contributed by atoms with Gasteiger partial charge in [0.25, 0.3) is 0 Å². The lowest BCUT2D eigenvalue weighted by Gasteiger charge is -2.41. The highest BCUT2D eigenvalue weighted by Gasteiger charge is 2.76. The molecule has 0 aliphatic carbocycles. The van der Waals surface area contributed by atoms with Crippen LogP contribution < -0.4 is 0 Å². The fourth-order valence-electron chi connectivity index (χ4n) is 6.82. The van der Waals surface area contributed by atoms with Crippen molar-refractivity contribution >= 4 is 29.5 Å². The number of benzene rings is 1. The molecule has 38 heavy (non-hydrogen) atoms. The summed E-state index contributed by atoms with van der Waals surface area (Å²) in [4.78, 5) is 47.9. The molecule has 3 amide bonds. The Morgan fingerprint density at radius 2 is 1.87 bits per heavy atom. The number of carbonyl (C=O) groups excluding carboxylic acids is 3. The third-order valence-electron chi connectivity index (χ3n) is 8.43. The highest BCUT2D eigenvalue weighted by molar-refractivity contribution is 8.02. The maximum atomic E-state index is 14.2. The van der Waals surface area contributed by atoms with E-state index >= 15 is 0 Å². The molecule has 1 spiro atoms. The minimum Gasteiger partial charge on any atom is -0.396 e. The Morgan fingerprint density at radius 3 is 2.47 bits per heavy atom. The molecule has 2 bridgehead atoms. The Balaban J connectivity index is 1.74. The van der Waals surface area contributed by atoms with Crippen LogP contribution in [0.2, 0.25) is 0 Å². The van der Waals surface area contributed by atoms with E-state index in [-0.39, 0.29) is 41.5 Å². The van der Waals surface area contributed by atoms with Crippen molar-refractivity contribution in [3.05, 3.63) is 61.2 Å². The van der Waals surface area contributed by atoms with E-state index in [1.165, 1.54) is 0 Å². The third kappa shape index (κ3) is 4.70. The lowest BCUT2D eigenvalue weighted by molar-refractivity contribution is -0.145. The van der Waals surface area contributed by atoms with Crippen molar-refractivity contribution in [2.24, 2.45) is 17.8 Å². The standard InChI is InChI=1S/C30H41N3O4S/c1-6-14-31(19-22-12-9-8-10-13-22)27(35)24-23-18-21(5)30(38-23)25(24)28(36)33(16-11-17-34)26(30)29(37)32(15-7-2)20(3)4/h6-10,12-13,20-21,23-26,34H,1-2,11,14-19H2,3-5H3/t21?,23-,24+,25-,26?,30?/m0/s1. The van der Waals surface area contributed by atoms with Gasteiger partial charge in [0.05, 0.1) is 16.6 Å². The zero-order valence-corrected chi connectivity index (χ0v) is 23.6. The van der Waals surface area contributed by atoms with Crippen molar-refractivity contribution in [1.29, 1.82) is 0 Å². The number of aliphatic hydroxyl groups excluding tert-OH is 1. The van der Waals surface area contributed by atoms with Gasteiger partial charge in [0.2, 0.25) is 17.7 Å². The number of fused-ring (bicyclic) bond motifs is 1. The van der Waals surface area contributed by atoms with Gasteiger partial charge in [-0.1, -0.05) is 49.4 Å². The summed E-state index contributed by atoms with van der Waals surface area (Å²) in [6.07, 6.45) is 4.62. The molecule has 6 atom stereocenters. The van der Waals surface area contributed by atoms with Gasteiger partial charge in [0.1, 0.15) is 6.04 Å². The van der Waals surface area contributed by atoms with Crippen LogP contribution in [0, 0.1) is 17.8 Å². The summed E-state index contributed by atoms with van der Waals surface area (Å²) in [5, 5.41) is 9.58. The summed E-state index contributed by atoms with van der Waals surface area (Å²) in [5.74, 6) is -1.22. The number of thioether (sulfide) groups is 1. The number of amides is 3. The van der Waals surface area contributed by atoms with Gasteiger partial charge in [-0.2, -0.15) is 0 Å². The quantitative estimate of drug-likeness (QED) is 0.412. The first-order valence-corrected chi connectivity index (χ1v) is 14.5. The van der Waals surface area contributed by atoms with E-state index in [1.807, 2.05) is 44.2 Å². The first-order chi connectivity index (χ1) is 18.2. The molecule has 1 aromatic carbocycles.